The number of hydrogen-bond acceptors (Lipinski definition) is 2. The molecule has 2 unspecified atom stereocenters. The van der Waals surface area contributed by atoms with Crippen molar-refractivity contribution in [3.8, 4) is 0 Å². The van der Waals surface area contributed by atoms with Gasteiger partial charge in [0.2, 0.25) is 5.91 Å². The summed E-state index contributed by atoms with van der Waals surface area (Å²) < 4.78 is 38.0. The number of rotatable bonds is 6. The van der Waals surface area contributed by atoms with Crippen LogP contribution in [0.1, 0.15) is 37.3 Å². The van der Waals surface area contributed by atoms with Crippen molar-refractivity contribution >= 4 is 18.3 Å². The van der Waals surface area contributed by atoms with Crippen molar-refractivity contribution in [2.75, 3.05) is 13.1 Å². The van der Waals surface area contributed by atoms with Crippen molar-refractivity contribution in [2.45, 2.75) is 32.4 Å². The maximum atomic E-state index is 12.7. The van der Waals surface area contributed by atoms with E-state index in [9.17, 15) is 18.0 Å². The van der Waals surface area contributed by atoms with Crippen molar-refractivity contribution in [3.05, 3.63) is 35.4 Å². The van der Waals surface area contributed by atoms with Crippen LogP contribution >= 0.6 is 12.4 Å². The topological polar surface area (TPSA) is 55.1 Å². The van der Waals surface area contributed by atoms with Gasteiger partial charge >= 0.3 is 6.18 Å². The predicted octanol–water partition coefficient (Wildman–Crippen LogP) is 3.33. The van der Waals surface area contributed by atoms with Crippen molar-refractivity contribution in [1.82, 2.24) is 5.32 Å². The monoisotopic (exact) mass is 338 g/mol. The van der Waals surface area contributed by atoms with Crippen molar-refractivity contribution in [1.29, 1.82) is 0 Å². The van der Waals surface area contributed by atoms with Crippen LogP contribution in [0.3, 0.4) is 0 Å². The standard InChI is InChI=1S/C15H21F3N2O.ClH/c1-10(8-19)9-20-14(21)6-11(2)12-4-3-5-13(7-12)15(16,17)18;/h3-5,7,10-11H,6,8-9,19H2,1-2H3,(H,20,21);1H. The number of carbonyl (C=O) groups excluding carboxylic acids is 1. The van der Waals surface area contributed by atoms with Gasteiger partial charge in [-0.1, -0.05) is 32.0 Å². The van der Waals surface area contributed by atoms with Gasteiger partial charge in [0.15, 0.2) is 0 Å². The molecular weight excluding hydrogens is 317 g/mol. The highest BCUT2D eigenvalue weighted by Gasteiger charge is 2.30. The zero-order valence-electron chi connectivity index (χ0n) is 12.6. The molecule has 0 heterocycles. The molecule has 0 fully saturated rings. The number of nitrogens with one attached hydrogen (secondary N) is 1. The number of halogens is 4. The SMILES string of the molecule is CC(CN)CNC(=O)CC(C)c1cccc(C(F)(F)F)c1.Cl. The first kappa shape index (κ1) is 20.7. The molecule has 3 nitrogen and oxygen atoms in total. The lowest BCUT2D eigenvalue weighted by Crippen LogP contribution is -2.31. The molecule has 0 radical (unpaired) electrons. The molecule has 2 atom stereocenters. The summed E-state index contributed by atoms with van der Waals surface area (Å²) in [5.74, 6) is -0.279. The highest BCUT2D eigenvalue weighted by molar-refractivity contribution is 5.85. The minimum absolute atomic E-state index is 0. The average molecular weight is 339 g/mol. The van der Waals surface area contributed by atoms with E-state index in [2.05, 4.69) is 5.32 Å². The molecule has 0 aliphatic heterocycles. The maximum absolute atomic E-state index is 12.7. The molecule has 126 valence electrons. The number of nitrogens with two attached hydrogens (primary N) is 1. The summed E-state index contributed by atoms with van der Waals surface area (Å²) in [7, 11) is 0. The lowest BCUT2D eigenvalue weighted by molar-refractivity contribution is -0.137. The molecule has 0 spiro atoms. The molecule has 3 N–H and O–H groups in total. The Morgan fingerprint density at radius 1 is 1.32 bits per heavy atom. The summed E-state index contributed by atoms with van der Waals surface area (Å²) in [6.45, 7) is 4.60. The van der Waals surface area contributed by atoms with E-state index in [1.807, 2.05) is 6.92 Å². The fourth-order valence-corrected chi connectivity index (χ4v) is 1.86. The maximum Gasteiger partial charge on any atom is 0.416 e. The smallest absolute Gasteiger partial charge is 0.356 e. The van der Waals surface area contributed by atoms with Crippen molar-refractivity contribution in [3.63, 3.8) is 0 Å². The van der Waals surface area contributed by atoms with Gasteiger partial charge in [-0.25, -0.2) is 0 Å². The summed E-state index contributed by atoms with van der Waals surface area (Å²) in [5.41, 5.74) is 5.27. The van der Waals surface area contributed by atoms with Gasteiger partial charge < -0.3 is 11.1 Å². The third-order valence-electron chi connectivity index (χ3n) is 3.32. The average Bonchev–Trinajstić information content (AvgIpc) is 2.43. The minimum Gasteiger partial charge on any atom is -0.356 e. The van der Waals surface area contributed by atoms with Crippen LogP contribution in [0.25, 0.3) is 0 Å². The zero-order chi connectivity index (χ0) is 16.0. The highest BCUT2D eigenvalue weighted by Crippen LogP contribution is 2.31. The van der Waals surface area contributed by atoms with Crippen molar-refractivity contribution < 1.29 is 18.0 Å². The Bertz CT molecular complexity index is 480. The van der Waals surface area contributed by atoms with Gasteiger partial charge in [-0.2, -0.15) is 13.2 Å². The predicted molar refractivity (Wildman–Crippen MR) is 83.0 cm³/mol. The Morgan fingerprint density at radius 2 is 1.95 bits per heavy atom. The fourth-order valence-electron chi connectivity index (χ4n) is 1.86. The molecule has 0 aliphatic rings. The number of amides is 1. The van der Waals surface area contributed by atoms with Gasteiger partial charge in [-0.15, -0.1) is 12.4 Å². The first-order valence-corrected chi connectivity index (χ1v) is 6.88. The number of hydrogen-bond donors (Lipinski definition) is 2. The van der Waals surface area contributed by atoms with Crippen LogP contribution in [0, 0.1) is 5.92 Å². The second kappa shape index (κ2) is 9.00. The molecule has 1 aromatic carbocycles. The van der Waals surface area contributed by atoms with E-state index in [-0.39, 0.29) is 36.6 Å². The lowest BCUT2D eigenvalue weighted by Gasteiger charge is -2.15. The summed E-state index contributed by atoms with van der Waals surface area (Å²) in [6.07, 6.45) is -4.22. The second-order valence-corrected chi connectivity index (χ2v) is 5.37. The van der Waals surface area contributed by atoms with E-state index in [0.29, 0.717) is 18.7 Å². The van der Waals surface area contributed by atoms with Gasteiger partial charge in [0.25, 0.3) is 0 Å². The van der Waals surface area contributed by atoms with E-state index in [1.165, 1.54) is 6.07 Å². The summed E-state index contributed by atoms with van der Waals surface area (Å²) >= 11 is 0. The van der Waals surface area contributed by atoms with Gasteiger partial charge in [-0.3, -0.25) is 4.79 Å². The van der Waals surface area contributed by atoms with Crippen LogP contribution in [0.2, 0.25) is 0 Å². The summed E-state index contributed by atoms with van der Waals surface area (Å²) in [4.78, 5) is 11.8. The molecule has 0 aliphatic carbocycles. The minimum atomic E-state index is -4.37. The highest BCUT2D eigenvalue weighted by atomic mass is 35.5. The molecular formula is C15H22ClF3N2O. The van der Waals surface area contributed by atoms with E-state index in [4.69, 9.17) is 5.73 Å². The molecule has 0 bridgehead atoms. The molecule has 0 saturated carbocycles. The van der Waals surface area contributed by atoms with E-state index in [1.54, 1.807) is 13.0 Å². The molecule has 0 saturated heterocycles. The van der Waals surface area contributed by atoms with E-state index in [0.717, 1.165) is 12.1 Å². The first-order chi connectivity index (χ1) is 9.74. The van der Waals surface area contributed by atoms with Crippen LogP contribution in [0.5, 0.6) is 0 Å². The Balaban J connectivity index is 0.00000441. The fraction of sp³-hybridized carbons (Fsp3) is 0.533. The van der Waals surface area contributed by atoms with Crippen LogP contribution in [-0.2, 0) is 11.0 Å². The lowest BCUT2D eigenvalue weighted by atomic mass is 9.95. The third-order valence-corrected chi connectivity index (χ3v) is 3.32. The van der Waals surface area contributed by atoms with E-state index < -0.39 is 11.7 Å². The largest absolute Gasteiger partial charge is 0.416 e. The molecule has 1 amide bonds. The van der Waals surface area contributed by atoms with Crippen molar-refractivity contribution in [2.24, 2.45) is 11.7 Å². The molecule has 7 heteroatoms. The van der Waals surface area contributed by atoms with Crippen LogP contribution in [0.4, 0.5) is 13.2 Å². The van der Waals surface area contributed by atoms with Gasteiger partial charge in [0.1, 0.15) is 0 Å². The molecule has 1 rings (SSSR count). The van der Waals surface area contributed by atoms with Crippen LogP contribution in [0.15, 0.2) is 24.3 Å². The quantitative estimate of drug-likeness (QED) is 0.836. The normalized spacial score (nSPS) is 13.9. The summed E-state index contributed by atoms with van der Waals surface area (Å²) in [5, 5.41) is 2.74. The van der Waals surface area contributed by atoms with E-state index >= 15 is 0 Å². The van der Waals surface area contributed by atoms with Crippen LogP contribution < -0.4 is 11.1 Å². The van der Waals surface area contributed by atoms with Crippen LogP contribution in [-0.4, -0.2) is 19.0 Å². The van der Waals surface area contributed by atoms with Gasteiger partial charge in [0, 0.05) is 13.0 Å². The number of alkyl halides is 3. The molecule has 22 heavy (non-hydrogen) atoms. The zero-order valence-corrected chi connectivity index (χ0v) is 13.4. The van der Waals surface area contributed by atoms with Gasteiger partial charge in [0.05, 0.1) is 5.56 Å². The number of carbonyl (C=O) groups is 1. The summed E-state index contributed by atoms with van der Waals surface area (Å²) in [6, 6.07) is 5.10. The Morgan fingerprint density at radius 3 is 2.50 bits per heavy atom. The van der Waals surface area contributed by atoms with Gasteiger partial charge in [-0.05, 0) is 30.0 Å². The number of benzene rings is 1. The third kappa shape index (κ3) is 6.66. The Kier molecular flexibility index (Phi) is 8.48. The second-order valence-electron chi connectivity index (χ2n) is 5.37. The Hall–Kier alpha value is -1.27. The molecule has 0 aromatic heterocycles. The Labute approximate surface area is 134 Å². The first-order valence-electron chi connectivity index (χ1n) is 6.88. The molecule has 1 aromatic rings.